The van der Waals surface area contributed by atoms with Gasteiger partial charge in [-0.2, -0.15) is 18.2 Å². The lowest BCUT2D eigenvalue weighted by Gasteiger charge is -2.14. The van der Waals surface area contributed by atoms with E-state index in [1.54, 1.807) is 13.0 Å². The molecule has 3 rings (SSSR count). The summed E-state index contributed by atoms with van der Waals surface area (Å²) < 4.78 is 44.8. The zero-order valence-electron chi connectivity index (χ0n) is 14.2. The van der Waals surface area contributed by atoms with Gasteiger partial charge in [0.2, 0.25) is 11.1 Å². The zero-order valence-corrected chi connectivity index (χ0v) is 15.0. The summed E-state index contributed by atoms with van der Waals surface area (Å²) in [6.07, 6.45) is -4.57. The topological polar surface area (TPSA) is 94.1 Å². The summed E-state index contributed by atoms with van der Waals surface area (Å²) in [6, 6.07) is 7.94. The van der Waals surface area contributed by atoms with E-state index < -0.39 is 22.4 Å². The molecule has 3 aromatic rings. The number of anilines is 1. The molecule has 28 heavy (non-hydrogen) atoms. The molecule has 0 aliphatic carbocycles. The third-order valence-electron chi connectivity index (χ3n) is 3.78. The number of halogens is 4. The molecule has 0 saturated heterocycles. The highest BCUT2D eigenvalue weighted by atomic mass is 35.5. The standard InChI is InChI=1S/C17H12ClF3N4O3/c1-9-6-7-12(28-9)13-14(25(26)27)15(24-16(18)23-13)22-8-10-4-2-3-5-11(10)17(19,20)21/h2-7H,8H2,1H3,(H,22,23,24). The van der Waals surface area contributed by atoms with Crippen LogP contribution in [0.1, 0.15) is 16.9 Å². The molecule has 0 unspecified atom stereocenters. The van der Waals surface area contributed by atoms with E-state index in [2.05, 4.69) is 15.3 Å². The number of hydrogen-bond donors (Lipinski definition) is 1. The van der Waals surface area contributed by atoms with Gasteiger partial charge in [0.25, 0.3) is 0 Å². The Morgan fingerprint density at radius 3 is 2.54 bits per heavy atom. The molecule has 1 N–H and O–H groups in total. The molecule has 2 aromatic heterocycles. The van der Waals surface area contributed by atoms with Crippen LogP contribution in [0.5, 0.6) is 0 Å². The molecule has 0 atom stereocenters. The molecule has 0 amide bonds. The predicted molar refractivity (Wildman–Crippen MR) is 94.9 cm³/mol. The van der Waals surface area contributed by atoms with Crippen LogP contribution in [-0.2, 0) is 12.7 Å². The lowest BCUT2D eigenvalue weighted by Crippen LogP contribution is -2.13. The van der Waals surface area contributed by atoms with Gasteiger partial charge >= 0.3 is 11.9 Å². The van der Waals surface area contributed by atoms with Gasteiger partial charge in [-0.05, 0) is 42.3 Å². The number of furan rings is 1. The summed E-state index contributed by atoms with van der Waals surface area (Å²) in [4.78, 5) is 18.5. The van der Waals surface area contributed by atoms with Crippen LogP contribution >= 0.6 is 11.6 Å². The smallest absolute Gasteiger partial charge is 0.416 e. The molecule has 0 radical (unpaired) electrons. The van der Waals surface area contributed by atoms with Gasteiger partial charge in [0.05, 0.1) is 10.5 Å². The molecule has 1 aromatic carbocycles. The minimum Gasteiger partial charge on any atom is -0.459 e. The maximum Gasteiger partial charge on any atom is 0.416 e. The van der Waals surface area contributed by atoms with Crippen molar-refractivity contribution in [3.63, 3.8) is 0 Å². The van der Waals surface area contributed by atoms with E-state index in [-0.39, 0.29) is 34.7 Å². The SMILES string of the molecule is Cc1ccc(-c2nc(Cl)nc(NCc3ccccc3C(F)(F)F)c2[N+](=O)[O-])o1. The van der Waals surface area contributed by atoms with Crippen LogP contribution < -0.4 is 5.32 Å². The average Bonchev–Trinajstić information content (AvgIpc) is 3.05. The van der Waals surface area contributed by atoms with Crippen molar-refractivity contribution in [1.29, 1.82) is 0 Å². The van der Waals surface area contributed by atoms with E-state index in [1.165, 1.54) is 24.3 Å². The van der Waals surface area contributed by atoms with Crippen LogP contribution in [0.4, 0.5) is 24.7 Å². The maximum atomic E-state index is 13.1. The first-order chi connectivity index (χ1) is 13.2. The highest BCUT2D eigenvalue weighted by Gasteiger charge is 2.33. The van der Waals surface area contributed by atoms with Gasteiger partial charge in [0, 0.05) is 6.54 Å². The first-order valence-corrected chi connectivity index (χ1v) is 8.22. The fraction of sp³-hybridized carbons (Fsp3) is 0.176. The summed E-state index contributed by atoms with van der Waals surface area (Å²) in [5, 5.41) is 13.8. The number of nitro groups is 1. The minimum absolute atomic E-state index is 0.0900. The summed E-state index contributed by atoms with van der Waals surface area (Å²) in [5.74, 6) is 0.269. The van der Waals surface area contributed by atoms with Crippen molar-refractivity contribution >= 4 is 23.1 Å². The van der Waals surface area contributed by atoms with E-state index in [0.29, 0.717) is 5.76 Å². The summed E-state index contributed by atoms with van der Waals surface area (Å²) >= 11 is 5.86. The molecule has 0 saturated carbocycles. The van der Waals surface area contributed by atoms with Gasteiger partial charge in [-0.3, -0.25) is 10.1 Å². The monoisotopic (exact) mass is 412 g/mol. The molecule has 146 valence electrons. The van der Waals surface area contributed by atoms with Crippen LogP contribution in [0.3, 0.4) is 0 Å². The van der Waals surface area contributed by atoms with Crippen LogP contribution in [0, 0.1) is 17.0 Å². The molecule has 0 aliphatic rings. The van der Waals surface area contributed by atoms with Gasteiger partial charge in [-0.1, -0.05) is 18.2 Å². The van der Waals surface area contributed by atoms with E-state index >= 15 is 0 Å². The lowest BCUT2D eigenvalue weighted by atomic mass is 10.1. The second-order valence-electron chi connectivity index (χ2n) is 5.71. The number of nitrogens with zero attached hydrogens (tertiary/aromatic N) is 3. The zero-order chi connectivity index (χ0) is 20.5. The largest absolute Gasteiger partial charge is 0.459 e. The van der Waals surface area contributed by atoms with E-state index in [9.17, 15) is 23.3 Å². The van der Waals surface area contributed by atoms with Crippen molar-refractivity contribution in [1.82, 2.24) is 9.97 Å². The van der Waals surface area contributed by atoms with Gasteiger partial charge in [0.1, 0.15) is 5.76 Å². The molecule has 0 aliphatic heterocycles. The van der Waals surface area contributed by atoms with Crippen molar-refractivity contribution in [2.75, 3.05) is 5.32 Å². The second kappa shape index (κ2) is 7.47. The first kappa shape index (κ1) is 19.6. The number of hydrogen-bond acceptors (Lipinski definition) is 6. The number of nitrogens with one attached hydrogen (secondary N) is 1. The average molecular weight is 413 g/mol. The number of rotatable bonds is 5. The van der Waals surface area contributed by atoms with Gasteiger partial charge in [-0.25, -0.2) is 4.98 Å². The van der Waals surface area contributed by atoms with Crippen LogP contribution in [-0.4, -0.2) is 14.9 Å². The third-order valence-corrected chi connectivity index (χ3v) is 3.95. The highest BCUT2D eigenvalue weighted by molar-refractivity contribution is 6.28. The Bertz CT molecular complexity index is 1040. The number of alkyl halides is 3. The minimum atomic E-state index is -4.57. The number of aromatic nitrogens is 2. The van der Waals surface area contributed by atoms with Gasteiger partial charge < -0.3 is 9.73 Å². The van der Waals surface area contributed by atoms with Crippen molar-refractivity contribution in [3.05, 3.63) is 68.7 Å². The molecule has 2 heterocycles. The van der Waals surface area contributed by atoms with E-state index in [1.807, 2.05) is 0 Å². The van der Waals surface area contributed by atoms with Crippen molar-refractivity contribution in [2.24, 2.45) is 0 Å². The van der Waals surface area contributed by atoms with Crippen LogP contribution in [0.25, 0.3) is 11.5 Å². The van der Waals surface area contributed by atoms with Gasteiger partial charge in [-0.15, -0.1) is 0 Å². The fourth-order valence-corrected chi connectivity index (χ4v) is 2.76. The lowest BCUT2D eigenvalue weighted by molar-refractivity contribution is -0.383. The van der Waals surface area contributed by atoms with Crippen LogP contribution in [0.2, 0.25) is 5.28 Å². The number of aryl methyl sites for hydroxylation is 1. The summed E-state index contributed by atoms with van der Waals surface area (Å²) in [7, 11) is 0. The quantitative estimate of drug-likeness (QED) is 0.350. The van der Waals surface area contributed by atoms with Crippen molar-refractivity contribution in [3.8, 4) is 11.5 Å². The summed E-state index contributed by atoms with van der Waals surface area (Å²) in [5.41, 5.74) is -1.69. The normalized spacial score (nSPS) is 11.5. The Kier molecular flexibility index (Phi) is 5.23. The van der Waals surface area contributed by atoms with Gasteiger partial charge in [0.15, 0.2) is 11.5 Å². The fourth-order valence-electron chi connectivity index (χ4n) is 2.59. The molecular formula is C17H12ClF3N4O3. The molecule has 0 fully saturated rings. The Morgan fingerprint density at radius 2 is 1.93 bits per heavy atom. The maximum absolute atomic E-state index is 13.1. The van der Waals surface area contributed by atoms with Crippen LogP contribution in [0.15, 0.2) is 40.8 Å². The van der Waals surface area contributed by atoms with E-state index in [0.717, 1.165) is 6.07 Å². The molecule has 0 bridgehead atoms. The Morgan fingerprint density at radius 1 is 1.21 bits per heavy atom. The molecule has 11 heteroatoms. The predicted octanol–water partition coefficient (Wildman–Crippen LogP) is 5.24. The van der Waals surface area contributed by atoms with Crippen molar-refractivity contribution < 1.29 is 22.5 Å². The van der Waals surface area contributed by atoms with E-state index in [4.69, 9.17) is 16.0 Å². The molecule has 7 nitrogen and oxygen atoms in total. The molecule has 0 spiro atoms. The second-order valence-corrected chi connectivity index (χ2v) is 6.05. The third kappa shape index (κ3) is 4.06. The number of benzene rings is 1. The highest BCUT2D eigenvalue weighted by Crippen LogP contribution is 2.36. The summed E-state index contributed by atoms with van der Waals surface area (Å²) in [6.45, 7) is 1.28. The van der Waals surface area contributed by atoms with Crippen molar-refractivity contribution in [2.45, 2.75) is 19.6 Å². The Balaban J connectivity index is 2.02. The molecular weight excluding hydrogens is 401 g/mol. The Labute approximate surface area is 161 Å². The Hall–Kier alpha value is -3.14. The first-order valence-electron chi connectivity index (χ1n) is 7.84.